The lowest BCUT2D eigenvalue weighted by Gasteiger charge is -2.28. The quantitative estimate of drug-likeness (QED) is 0.852. The van der Waals surface area contributed by atoms with Gasteiger partial charge in [0, 0.05) is 9.50 Å². The molecule has 1 N–H and O–H groups in total. The van der Waals surface area contributed by atoms with Crippen LogP contribution in [0.25, 0.3) is 0 Å². The zero-order valence-electron chi connectivity index (χ0n) is 10.9. The molecule has 4 heteroatoms. The van der Waals surface area contributed by atoms with E-state index in [0.29, 0.717) is 16.5 Å². The third-order valence-electron chi connectivity index (χ3n) is 4.23. The molecule has 2 nitrogen and oxygen atoms in total. The minimum absolute atomic E-state index is 0.534. The lowest BCUT2D eigenvalue weighted by atomic mass is 9.78. The van der Waals surface area contributed by atoms with Crippen LogP contribution in [0.1, 0.15) is 44.3 Å². The lowest BCUT2D eigenvalue weighted by molar-refractivity contribution is 0.0635. The second-order valence-corrected chi connectivity index (χ2v) is 6.64. The van der Waals surface area contributed by atoms with Gasteiger partial charge in [-0.2, -0.15) is 5.26 Å². The number of benzene rings is 1. The third kappa shape index (κ3) is 2.81. The highest BCUT2D eigenvalue weighted by Crippen LogP contribution is 2.51. The van der Waals surface area contributed by atoms with Crippen molar-refractivity contribution in [2.24, 2.45) is 11.3 Å². The van der Waals surface area contributed by atoms with E-state index >= 15 is 0 Å². The van der Waals surface area contributed by atoms with Crippen molar-refractivity contribution < 1.29 is 5.11 Å². The number of aliphatic hydroxyl groups is 1. The average Bonchev–Trinajstić information content (AvgIpc) is 2.85. The maximum absolute atomic E-state index is 10.7. The second-order valence-electron chi connectivity index (χ2n) is 5.35. The zero-order chi connectivity index (χ0) is 14.0. The molecule has 0 bridgehead atoms. The summed E-state index contributed by atoms with van der Waals surface area (Å²) in [6.07, 6.45) is 2.80. The molecule has 102 valence electrons. The molecule has 1 aromatic carbocycles. The van der Waals surface area contributed by atoms with E-state index in [4.69, 9.17) is 11.6 Å². The first-order valence-electron chi connectivity index (χ1n) is 6.56. The summed E-state index contributed by atoms with van der Waals surface area (Å²) in [6.45, 7) is 2.14. The van der Waals surface area contributed by atoms with Crippen molar-refractivity contribution in [3.8, 4) is 6.07 Å². The van der Waals surface area contributed by atoms with E-state index < -0.39 is 11.5 Å². The third-order valence-corrected chi connectivity index (χ3v) is 5.18. The van der Waals surface area contributed by atoms with Crippen LogP contribution in [0.3, 0.4) is 0 Å². The molecule has 1 aliphatic carbocycles. The predicted molar refractivity (Wildman–Crippen MR) is 79.8 cm³/mol. The number of hydrogen-bond donors (Lipinski definition) is 1. The van der Waals surface area contributed by atoms with Crippen molar-refractivity contribution in [3.05, 3.63) is 33.3 Å². The Bertz CT molecular complexity index is 513. The Morgan fingerprint density at radius 3 is 2.95 bits per heavy atom. The van der Waals surface area contributed by atoms with Crippen molar-refractivity contribution in [2.75, 3.05) is 0 Å². The van der Waals surface area contributed by atoms with Gasteiger partial charge in [-0.05, 0) is 48.9 Å². The first-order chi connectivity index (χ1) is 9.02. The topological polar surface area (TPSA) is 44.0 Å². The van der Waals surface area contributed by atoms with Gasteiger partial charge in [0.25, 0.3) is 0 Å². The molecule has 2 rings (SSSR count). The van der Waals surface area contributed by atoms with Gasteiger partial charge in [0.1, 0.15) is 0 Å². The van der Waals surface area contributed by atoms with Gasteiger partial charge < -0.3 is 5.11 Å². The second kappa shape index (κ2) is 5.83. The highest BCUT2D eigenvalue weighted by atomic mass is 79.9. The van der Waals surface area contributed by atoms with Crippen LogP contribution in [-0.4, -0.2) is 5.11 Å². The van der Waals surface area contributed by atoms with Crippen molar-refractivity contribution in [1.29, 1.82) is 5.26 Å². The van der Waals surface area contributed by atoms with Crippen LogP contribution in [0.15, 0.2) is 22.7 Å². The van der Waals surface area contributed by atoms with Gasteiger partial charge in [-0.15, -0.1) is 0 Å². The molecule has 19 heavy (non-hydrogen) atoms. The zero-order valence-corrected chi connectivity index (χ0v) is 13.2. The first kappa shape index (κ1) is 14.8. The number of rotatable bonds is 3. The van der Waals surface area contributed by atoms with E-state index in [0.717, 1.165) is 30.2 Å². The van der Waals surface area contributed by atoms with Crippen LogP contribution in [0.2, 0.25) is 5.02 Å². The van der Waals surface area contributed by atoms with Crippen LogP contribution >= 0.6 is 27.5 Å². The van der Waals surface area contributed by atoms with Gasteiger partial charge in [0.2, 0.25) is 0 Å². The Morgan fingerprint density at radius 2 is 2.37 bits per heavy atom. The molecule has 1 aromatic rings. The number of halogens is 2. The highest BCUT2D eigenvalue weighted by Gasteiger charge is 2.45. The summed E-state index contributed by atoms with van der Waals surface area (Å²) in [5.41, 5.74) is 0.0410. The van der Waals surface area contributed by atoms with Crippen molar-refractivity contribution >= 4 is 27.5 Å². The van der Waals surface area contributed by atoms with Gasteiger partial charge in [0.15, 0.2) is 0 Å². The van der Waals surface area contributed by atoms with Gasteiger partial charge in [-0.3, -0.25) is 0 Å². The maximum atomic E-state index is 10.7. The fourth-order valence-electron chi connectivity index (χ4n) is 2.96. The molecular weight excluding hydrogens is 326 g/mol. The molecular formula is C15H17BrClNO. The minimum Gasteiger partial charge on any atom is -0.387 e. The van der Waals surface area contributed by atoms with Gasteiger partial charge in [0.05, 0.1) is 17.6 Å². The van der Waals surface area contributed by atoms with Gasteiger partial charge in [-0.1, -0.05) is 40.9 Å². The minimum atomic E-state index is -0.790. The van der Waals surface area contributed by atoms with E-state index in [1.54, 1.807) is 12.1 Å². The van der Waals surface area contributed by atoms with Crippen LogP contribution in [0, 0.1) is 22.7 Å². The summed E-state index contributed by atoms with van der Waals surface area (Å²) in [5.74, 6) is 0.534. The normalized spacial score (nSPS) is 28.1. The monoisotopic (exact) mass is 341 g/mol. The Hall–Kier alpha value is -0.560. The van der Waals surface area contributed by atoms with Crippen molar-refractivity contribution in [3.63, 3.8) is 0 Å². The highest BCUT2D eigenvalue weighted by molar-refractivity contribution is 9.10. The van der Waals surface area contributed by atoms with Crippen LogP contribution in [0.4, 0.5) is 0 Å². The smallest absolute Gasteiger partial charge is 0.0987 e. The van der Waals surface area contributed by atoms with Crippen molar-refractivity contribution in [1.82, 2.24) is 0 Å². The molecule has 1 aliphatic rings. The molecule has 3 atom stereocenters. The summed E-state index contributed by atoms with van der Waals surface area (Å²) in [6, 6.07) is 7.70. The Kier molecular flexibility index (Phi) is 4.55. The Morgan fingerprint density at radius 1 is 1.63 bits per heavy atom. The molecule has 0 spiro atoms. The molecule has 1 fully saturated rings. The van der Waals surface area contributed by atoms with Gasteiger partial charge >= 0.3 is 0 Å². The lowest BCUT2D eigenvalue weighted by Crippen LogP contribution is -2.25. The SMILES string of the molecule is CCC1CCC(C#N)(C(O)c2cc(Cl)ccc2Br)C1. The summed E-state index contributed by atoms with van der Waals surface area (Å²) in [5, 5.41) is 20.8. The predicted octanol–water partition coefficient (Wildman–Crippen LogP) is 4.86. The molecule has 0 aromatic heterocycles. The molecule has 0 amide bonds. The van der Waals surface area contributed by atoms with Crippen molar-refractivity contribution in [2.45, 2.75) is 38.7 Å². The van der Waals surface area contributed by atoms with Crippen LogP contribution in [-0.2, 0) is 0 Å². The molecule has 0 radical (unpaired) electrons. The fraction of sp³-hybridized carbons (Fsp3) is 0.533. The largest absolute Gasteiger partial charge is 0.387 e. The van der Waals surface area contributed by atoms with E-state index in [1.807, 2.05) is 6.07 Å². The van der Waals surface area contributed by atoms with E-state index in [9.17, 15) is 10.4 Å². The number of aliphatic hydroxyl groups excluding tert-OH is 1. The number of nitrogens with zero attached hydrogens (tertiary/aromatic N) is 1. The fourth-order valence-corrected chi connectivity index (χ4v) is 3.61. The standard InChI is InChI=1S/C15H17BrClNO/c1-2-10-5-6-15(8-10,9-18)14(19)12-7-11(17)3-4-13(12)16/h3-4,7,10,14,19H,2,5-6,8H2,1H3. The Balaban J connectivity index is 2.34. The molecule has 0 heterocycles. The number of hydrogen-bond acceptors (Lipinski definition) is 2. The molecule has 3 unspecified atom stereocenters. The summed E-state index contributed by atoms with van der Waals surface area (Å²) in [4.78, 5) is 0. The molecule has 0 saturated heterocycles. The number of nitriles is 1. The van der Waals surface area contributed by atoms with Crippen LogP contribution < -0.4 is 0 Å². The van der Waals surface area contributed by atoms with Crippen LogP contribution in [0.5, 0.6) is 0 Å². The van der Waals surface area contributed by atoms with E-state index in [2.05, 4.69) is 28.9 Å². The summed E-state index contributed by atoms with van der Waals surface area (Å²) in [7, 11) is 0. The first-order valence-corrected chi connectivity index (χ1v) is 7.74. The van der Waals surface area contributed by atoms with Gasteiger partial charge in [-0.25, -0.2) is 0 Å². The summed E-state index contributed by atoms with van der Waals surface area (Å²) < 4.78 is 0.805. The van der Waals surface area contributed by atoms with E-state index in [1.165, 1.54) is 0 Å². The maximum Gasteiger partial charge on any atom is 0.0987 e. The molecule has 0 aliphatic heterocycles. The average molecular weight is 343 g/mol. The van der Waals surface area contributed by atoms with E-state index in [-0.39, 0.29) is 0 Å². The Labute approximate surface area is 127 Å². The summed E-state index contributed by atoms with van der Waals surface area (Å²) >= 11 is 9.43. The molecule has 1 saturated carbocycles.